The summed E-state index contributed by atoms with van der Waals surface area (Å²) in [5, 5.41) is 3.28. The molecule has 0 amide bonds. The second-order valence-electron chi connectivity index (χ2n) is 4.67. The molecule has 0 spiro atoms. The molecule has 0 N–H and O–H groups in total. The number of carbonyl (C=O) groups excluding carboxylic acids is 1. The van der Waals surface area contributed by atoms with Crippen LogP contribution in [0, 0.1) is 0 Å². The molecule has 4 rings (SSSR count). The van der Waals surface area contributed by atoms with Crippen molar-refractivity contribution in [1.29, 1.82) is 0 Å². The zero-order chi connectivity index (χ0) is 12.8. The quantitative estimate of drug-likeness (QED) is 0.463. The average Bonchev–Trinajstić information content (AvgIpc) is 2.81. The van der Waals surface area contributed by atoms with Crippen LogP contribution in [0.3, 0.4) is 0 Å². The van der Waals surface area contributed by atoms with Crippen molar-refractivity contribution in [3.8, 4) is 0 Å². The van der Waals surface area contributed by atoms with Crippen molar-refractivity contribution in [3.63, 3.8) is 0 Å². The summed E-state index contributed by atoms with van der Waals surface area (Å²) in [6, 6.07) is 18.3. The van der Waals surface area contributed by atoms with Crippen LogP contribution in [-0.4, -0.2) is 10.7 Å². The Bertz CT molecular complexity index is 934. The molecule has 0 atom stereocenters. The first-order valence-electron chi connectivity index (χ1n) is 6.26. The van der Waals surface area contributed by atoms with Gasteiger partial charge in [-0.25, -0.2) is 0 Å². The van der Waals surface area contributed by atoms with Gasteiger partial charge >= 0.3 is 0 Å². The number of fused-ring (bicyclic) bond motifs is 5. The number of hydrogen-bond acceptors (Lipinski definition) is 1. The van der Waals surface area contributed by atoms with Gasteiger partial charge in [-0.2, -0.15) is 0 Å². The summed E-state index contributed by atoms with van der Waals surface area (Å²) in [7, 11) is 0. The lowest BCUT2D eigenvalue weighted by Gasteiger charge is -2.02. The second-order valence-corrected chi connectivity index (χ2v) is 4.67. The zero-order valence-electron chi connectivity index (χ0n) is 10.2. The van der Waals surface area contributed by atoms with Crippen molar-refractivity contribution in [2.24, 2.45) is 0 Å². The molecule has 0 radical (unpaired) electrons. The van der Waals surface area contributed by atoms with Crippen LogP contribution in [0.25, 0.3) is 27.2 Å². The SMILES string of the molecule is O=Cc1c2ccccc2n2ccc3ccccc3c12. The molecule has 19 heavy (non-hydrogen) atoms. The molecule has 0 aliphatic rings. The maximum Gasteiger partial charge on any atom is 0.152 e. The van der Waals surface area contributed by atoms with E-state index >= 15 is 0 Å². The molecule has 2 nitrogen and oxygen atoms in total. The van der Waals surface area contributed by atoms with E-state index in [1.165, 1.54) is 0 Å². The lowest BCUT2D eigenvalue weighted by Crippen LogP contribution is -1.86. The smallest absolute Gasteiger partial charge is 0.152 e. The molecule has 0 saturated heterocycles. The zero-order valence-corrected chi connectivity index (χ0v) is 10.2. The minimum atomic E-state index is 0.771. The highest BCUT2D eigenvalue weighted by Gasteiger charge is 2.12. The topological polar surface area (TPSA) is 21.5 Å². The first-order valence-corrected chi connectivity index (χ1v) is 6.26. The highest BCUT2D eigenvalue weighted by Crippen LogP contribution is 2.30. The lowest BCUT2D eigenvalue weighted by molar-refractivity contribution is 0.112. The van der Waals surface area contributed by atoms with Gasteiger partial charge in [0.05, 0.1) is 11.0 Å². The molecule has 2 heteroatoms. The van der Waals surface area contributed by atoms with E-state index in [9.17, 15) is 4.79 Å². The van der Waals surface area contributed by atoms with Crippen molar-refractivity contribution in [2.75, 3.05) is 0 Å². The summed E-state index contributed by atoms with van der Waals surface area (Å²) in [4.78, 5) is 11.5. The molecule has 0 unspecified atom stereocenters. The fourth-order valence-electron chi connectivity index (χ4n) is 2.85. The van der Waals surface area contributed by atoms with Crippen molar-refractivity contribution < 1.29 is 4.79 Å². The Labute approximate surface area is 109 Å². The van der Waals surface area contributed by atoms with E-state index in [-0.39, 0.29) is 0 Å². The Morgan fingerprint density at radius 2 is 1.58 bits per heavy atom. The Kier molecular flexibility index (Phi) is 2.00. The molecule has 2 aromatic heterocycles. The molecule has 0 aliphatic heterocycles. The number of aldehydes is 1. The minimum Gasteiger partial charge on any atom is -0.315 e. The number of carbonyl (C=O) groups is 1. The van der Waals surface area contributed by atoms with Gasteiger partial charge in [-0.3, -0.25) is 4.79 Å². The number of nitrogens with zero attached hydrogens (tertiary/aromatic N) is 1. The highest BCUT2D eigenvalue weighted by atomic mass is 16.1. The Morgan fingerprint density at radius 3 is 2.42 bits per heavy atom. The maximum atomic E-state index is 11.5. The van der Waals surface area contributed by atoms with Crippen LogP contribution in [0.1, 0.15) is 10.4 Å². The van der Waals surface area contributed by atoms with Gasteiger partial charge < -0.3 is 4.40 Å². The molecule has 2 aromatic carbocycles. The van der Waals surface area contributed by atoms with Crippen LogP contribution in [-0.2, 0) is 0 Å². The van der Waals surface area contributed by atoms with E-state index in [2.05, 4.69) is 22.6 Å². The van der Waals surface area contributed by atoms with E-state index in [0.717, 1.165) is 39.0 Å². The molecule has 2 heterocycles. The van der Waals surface area contributed by atoms with Gasteiger partial charge in [-0.15, -0.1) is 0 Å². The number of benzene rings is 2. The van der Waals surface area contributed by atoms with E-state index in [1.54, 1.807) is 0 Å². The highest BCUT2D eigenvalue weighted by molar-refractivity contribution is 6.13. The lowest BCUT2D eigenvalue weighted by atomic mass is 10.1. The molecule has 90 valence electrons. The summed E-state index contributed by atoms with van der Waals surface area (Å²) in [5.74, 6) is 0. The fraction of sp³-hybridized carbons (Fsp3) is 0. The molecule has 0 saturated carbocycles. The third-order valence-electron chi connectivity index (χ3n) is 3.69. The van der Waals surface area contributed by atoms with Crippen LogP contribution < -0.4 is 0 Å². The number of para-hydroxylation sites is 1. The van der Waals surface area contributed by atoms with E-state index < -0.39 is 0 Å². The molecule has 0 bridgehead atoms. The van der Waals surface area contributed by atoms with Crippen LogP contribution in [0.15, 0.2) is 60.8 Å². The predicted molar refractivity (Wildman–Crippen MR) is 77.8 cm³/mol. The summed E-state index contributed by atoms with van der Waals surface area (Å²) in [5.41, 5.74) is 2.84. The van der Waals surface area contributed by atoms with Crippen molar-refractivity contribution in [3.05, 3.63) is 66.4 Å². The van der Waals surface area contributed by atoms with Crippen molar-refractivity contribution >= 4 is 33.5 Å². The summed E-state index contributed by atoms with van der Waals surface area (Å²) in [6.07, 6.45) is 3.00. The number of hydrogen-bond donors (Lipinski definition) is 0. The van der Waals surface area contributed by atoms with Gasteiger partial charge in [0.15, 0.2) is 6.29 Å². The largest absolute Gasteiger partial charge is 0.315 e. The third-order valence-corrected chi connectivity index (χ3v) is 3.69. The first-order chi connectivity index (χ1) is 9.40. The molecular weight excluding hydrogens is 234 g/mol. The Morgan fingerprint density at radius 1 is 0.842 bits per heavy atom. The Hall–Kier alpha value is -2.61. The van der Waals surface area contributed by atoms with Gasteiger partial charge in [0.1, 0.15) is 0 Å². The maximum absolute atomic E-state index is 11.5. The summed E-state index contributed by atoms with van der Waals surface area (Å²) >= 11 is 0. The number of aromatic nitrogens is 1. The van der Waals surface area contributed by atoms with E-state index in [0.29, 0.717) is 0 Å². The van der Waals surface area contributed by atoms with Gasteiger partial charge in [0, 0.05) is 22.5 Å². The monoisotopic (exact) mass is 245 g/mol. The van der Waals surface area contributed by atoms with E-state index in [1.807, 2.05) is 42.6 Å². The Balaban J connectivity index is 2.40. The molecule has 0 aliphatic carbocycles. The molecular formula is C17H11NO. The van der Waals surface area contributed by atoms with Crippen LogP contribution in [0.2, 0.25) is 0 Å². The van der Waals surface area contributed by atoms with Crippen molar-refractivity contribution in [1.82, 2.24) is 4.40 Å². The minimum absolute atomic E-state index is 0.771. The molecule has 0 fully saturated rings. The van der Waals surface area contributed by atoms with Crippen LogP contribution in [0.4, 0.5) is 0 Å². The standard InChI is InChI=1S/C17H11NO/c19-11-15-14-7-3-4-8-16(14)18-10-9-12-5-1-2-6-13(12)17(15)18/h1-11H. The van der Waals surface area contributed by atoms with Gasteiger partial charge in [-0.05, 0) is 17.5 Å². The van der Waals surface area contributed by atoms with Gasteiger partial charge in [0.25, 0.3) is 0 Å². The van der Waals surface area contributed by atoms with E-state index in [4.69, 9.17) is 0 Å². The number of pyridine rings is 1. The average molecular weight is 245 g/mol. The second kappa shape index (κ2) is 3.69. The third kappa shape index (κ3) is 1.28. The fourth-order valence-corrected chi connectivity index (χ4v) is 2.85. The van der Waals surface area contributed by atoms with Gasteiger partial charge in [0.2, 0.25) is 0 Å². The van der Waals surface area contributed by atoms with Crippen molar-refractivity contribution in [2.45, 2.75) is 0 Å². The van der Waals surface area contributed by atoms with Crippen LogP contribution >= 0.6 is 0 Å². The summed E-state index contributed by atoms with van der Waals surface area (Å²) in [6.45, 7) is 0. The predicted octanol–water partition coefficient (Wildman–Crippen LogP) is 4.06. The normalized spacial score (nSPS) is 11.4. The van der Waals surface area contributed by atoms with Crippen LogP contribution in [0.5, 0.6) is 0 Å². The first kappa shape index (κ1) is 10.3. The molecule has 4 aromatic rings. The number of rotatable bonds is 1. The van der Waals surface area contributed by atoms with Gasteiger partial charge in [-0.1, -0.05) is 42.5 Å². The summed E-state index contributed by atoms with van der Waals surface area (Å²) < 4.78 is 2.10.